The van der Waals surface area contributed by atoms with Crippen molar-refractivity contribution in [3.8, 4) is 0 Å². The van der Waals surface area contributed by atoms with Crippen LogP contribution in [0.2, 0.25) is 5.02 Å². The minimum absolute atomic E-state index is 0.732. The third-order valence-corrected chi connectivity index (χ3v) is 3.76. The van der Waals surface area contributed by atoms with Crippen LogP contribution in [0.3, 0.4) is 0 Å². The highest BCUT2D eigenvalue weighted by Crippen LogP contribution is 2.52. The summed E-state index contributed by atoms with van der Waals surface area (Å²) in [5.41, 5.74) is 1.34. The second kappa shape index (κ2) is 4.24. The standard InChI is InChI=1S/C12H14BrCl/c1-2-3-8-6-11(8)10-5-4-9(13)7-12(10)14/h4-5,7-8,11H,2-3,6H2,1H3/t8-,11?/m1/s1. The molecule has 2 atom stereocenters. The minimum Gasteiger partial charge on any atom is -0.0840 e. The molecule has 2 heteroatoms. The van der Waals surface area contributed by atoms with Crippen LogP contribution in [0.25, 0.3) is 0 Å². The van der Waals surface area contributed by atoms with E-state index in [1.54, 1.807) is 0 Å². The first-order valence-electron chi connectivity index (χ1n) is 5.17. The van der Waals surface area contributed by atoms with Crippen molar-refractivity contribution in [3.05, 3.63) is 33.3 Å². The topological polar surface area (TPSA) is 0 Å². The second-order valence-electron chi connectivity index (χ2n) is 4.06. The molecule has 2 rings (SSSR count). The lowest BCUT2D eigenvalue weighted by molar-refractivity contribution is 0.687. The summed E-state index contributed by atoms with van der Waals surface area (Å²) >= 11 is 9.63. The average molecular weight is 274 g/mol. The average Bonchev–Trinajstić information content (AvgIpc) is 2.84. The van der Waals surface area contributed by atoms with Crippen molar-refractivity contribution in [2.45, 2.75) is 32.1 Å². The van der Waals surface area contributed by atoms with Crippen LogP contribution in [-0.4, -0.2) is 0 Å². The largest absolute Gasteiger partial charge is 0.0840 e. The molecule has 0 bridgehead atoms. The van der Waals surface area contributed by atoms with Gasteiger partial charge >= 0.3 is 0 Å². The van der Waals surface area contributed by atoms with E-state index in [0.29, 0.717) is 0 Å². The van der Waals surface area contributed by atoms with E-state index >= 15 is 0 Å². The van der Waals surface area contributed by atoms with E-state index in [-0.39, 0.29) is 0 Å². The number of halogens is 2. The third-order valence-electron chi connectivity index (χ3n) is 2.94. The van der Waals surface area contributed by atoms with E-state index in [4.69, 9.17) is 11.6 Å². The van der Waals surface area contributed by atoms with Crippen LogP contribution in [-0.2, 0) is 0 Å². The Kier molecular flexibility index (Phi) is 3.18. The molecule has 76 valence electrons. The van der Waals surface area contributed by atoms with Gasteiger partial charge in [-0.15, -0.1) is 0 Å². The Morgan fingerprint density at radius 3 is 2.93 bits per heavy atom. The number of benzene rings is 1. The Bertz CT molecular complexity index is 335. The summed E-state index contributed by atoms with van der Waals surface area (Å²) < 4.78 is 1.07. The first-order chi connectivity index (χ1) is 6.72. The van der Waals surface area contributed by atoms with E-state index in [2.05, 4.69) is 35.0 Å². The molecule has 0 aliphatic heterocycles. The van der Waals surface area contributed by atoms with E-state index in [0.717, 1.165) is 21.3 Å². The maximum absolute atomic E-state index is 6.20. The van der Waals surface area contributed by atoms with Crippen molar-refractivity contribution in [2.24, 2.45) is 5.92 Å². The van der Waals surface area contributed by atoms with E-state index in [1.807, 2.05) is 6.07 Å². The highest BCUT2D eigenvalue weighted by Gasteiger charge is 2.38. The number of hydrogen-bond acceptors (Lipinski definition) is 0. The fourth-order valence-electron chi connectivity index (χ4n) is 2.12. The van der Waals surface area contributed by atoms with Gasteiger partial charge in [0.05, 0.1) is 0 Å². The summed E-state index contributed by atoms with van der Waals surface area (Å²) in [6.45, 7) is 2.25. The van der Waals surface area contributed by atoms with Gasteiger partial charge in [0, 0.05) is 9.50 Å². The highest BCUT2D eigenvalue weighted by atomic mass is 79.9. The predicted octanol–water partition coefficient (Wildman–Crippen LogP) is 5.01. The van der Waals surface area contributed by atoms with E-state index in [1.165, 1.54) is 24.8 Å². The Morgan fingerprint density at radius 2 is 2.29 bits per heavy atom. The molecule has 1 unspecified atom stereocenters. The zero-order valence-electron chi connectivity index (χ0n) is 8.26. The van der Waals surface area contributed by atoms with Gasteiger partial charge in [0.1, 0.15) is 0 Å². The fraction of sp³-hybridized carbons (Fsp3) is 0.500. The number of rotatable bonds is 3. The molecule has 1 aromatic rings. The molecule has 0 saturated heterocycles. The molecule has 1 aliphatic rings. The third kappa shape index (κ3) is 2.14. The van der Waals surface area contributed by atoms with Crippen LogP contribution in [0.5, 0.6) is 0 Å². The molecular formula is C12H14BrCl. The van der Waals surface area contributed by atoms with Gasteiger partial charge in [-0.1, -0.05) is 53.4 Å². The zero-order chi connectivity index (χ0) is 10.1. The van der Waals surface area contributed by atoms with Crippen molar-refractivity contribution in [1.82, 2.24) is 0 Å². The molecular weight excluding hydrogens is 259 g/mol. The molecule has 1 saturated carbocycles. The van der Waals surface area contributed by atoms with Gasteiger partial charge in [0.25, 0.3) is 0 Å². The molecule has 1 aliphatic carbocycles. The van der Waals surface area contributed by atoms with E-state index in [9.17, 15) is 0 Å². The maximum atomic E-state index is 6.20. The highest BCUT2D eigenvalue weighted by molar-refractivity contribution is 9.10. The summed E-state index contributed by atoms with van der Waals surface area (Å²) in [6, 6.07) is 6.24. The normalized spacial score (nSPS) is 25.1. The second-order valence-corrected chi connectivity index (χ2v) is 5.38. The molecule has 1 aromatic carbocycles. The summed E-state index contributed by atoms with van der Waals surface area (Å²) in [5.74, 6) is 1.62. The van der Waals surface area contributed by atoms with Crippen LogP contribution in [0.1, 0.15) is 37.7 Å². The lowest BCUT2D eigenvalue weighted by Gasteiger charge is -2.03. The molecule has 0 radical (unpaired) electrons. The van der Waals surface area contributed by atoms with Gasteiger partial charge in [0.15, 0.2) is 0 Å². The first-order valence-corrected chi connectivity index (χ1v) is 6.34. The van der Waals surface area contributed by atoms with Gasteiger partial charge in [-0.05, 0) is 36.0 Å². The lowest BCUT2D eigenvalue weighted by atomic mass is 10.1. The van der Waals surface area contributed by atoms with Crippen LogP contribution in [0, 0.1) is 5.92 Å². The Morgan fingerprint density at radius 1 is 1.50 bits per heavy atom. The fourth-order valence-corrected chi connectivity index (χ4v) is 2.93. The summed E-state index contributed by atoms with van der Waals surface area (Å²) in [4.78, 5) is 0. The van der Waals surface area contributed by atoms with Crippen LogP contribution >= 0.6 is 27.5 Å². The quantitative estimate of drug-likeness (QED) is 0.726. The van der Waals surface area contributed by atoms with E-state index < -0.39 is 0 Å². The predicted molar refractivity (Wildman–Crippen MR) is 64.9 cm³/mol. The summed E-state index contributed by atoms with van der Waals surface area (Å²) in [5, 5.41) is 0.919. The Labute approximate surface area is 98.8 Å². The molecule has 0 spiro atoms. The van der Waals surface area contributed by atoms with Crippen LogP contribution < -0.4 is 0 Å². The number of hydrogen-bond donors (Lipinski definition) is 0. The molecule has 0 N–H and O–H groups in total. The monoisotopic (exact) mass is 272 g/mol. The zero-order valence-corrected chi connectivity index (χ0v) is 10.6. The van der Waals surface area contributed by atoms with Crippen LogP contribution in [0.15, 0.2) is 22.7 Å². The van der Waals surface area contributed by atoms with Gasteiger partial charge < -0.3 is 0 Å². The maximum Gasteiger partial charge on any atom is 0.0452 e. The molecule has 0 heterocycles. The first kappa shape index (κ1) is 10.5. The van der Waals surface area contributed by atoms with Gasteiger partial charge in [-0.2, -0.15) is 0 Å². The summed E-state index contributed by atoms with van der Waals surface area (Å²) in [7, 11) is 0. The van der Waals surface area contributed by atoms with Crippen molar-refractivity contribution in [3.63, 3.8) is 0 Å². The summed E-state index contributed by atoms with van der Waals surface area (Å²) in [6.07, 6.45) is 3.96. The smallest absolute Gasteiger partial charge is 0.0452 e. The van der Waals surface area contributed by atoms with Crippen molar-refractivity contribution in [1.29, 1.82) is 0 Å². The minimum atomic E-state index is 0.732. The molecule has 0 aromatic heterocycles. The SMILES string of the molecule is CCC[C@@H]1CC1c1ccc(Br)cc1Cl. The molecule has 14 heavy (non-hydrogen) atoms. The molecule has 0 nitrogen and oxygen atoms in total. The Hall–Kier alpha value is -0.0100. The van der Waals surface area contributed by atoms with Gasteiger partial charge in [-0.3, -0.25) is 0 Å². The van der Waals surface area contributed by atoms with Gasteiger partial charge in [0.2, 0.25) is 0 Å². The molecule has 1 fully saturated rings. The van der Waals surface area contributed by atoms with Crippen molar-refractivity contribution < 1.29 is 0 Å². The van der Waals surface area contributed by atoms with Crippen molar-refractivity contribution >= 4 is 27.5 Å². The lowest BCUT2D eigenvalue weighted by Crippen LogP contribution is -1.85. The van der Waals surface area contributed by atoms with Crippen molar-refractivity contribution in [2.75, 3.05) is 0 Å². The Balaban J connectivity index is 2.11. The molecule has 0 amide bonds. The van der Waals surface area contributed by atoms with Gasteiger partial charge in [-0.25, -0.2) is 0 Å². The van der Waals surface area contributed by atoms with Crippen LogP contribution in [0.4, 0.5) is 0 Å².